The van der Waals surface area contributed by atoms with Crippen LogP contribution in [-0.4, -0.2) is 31.9 Å². The minimum absolute atomic E-state index is 0.0151. The summed E-state index contributed by atoms with van der Waals surface area (Å²) < 4.78 is 38.7. The molecule has 0 bridgehead atoms. The van der Waals surface area contributed by atoms with Crippen molar-refractivity contribution >= 4 is 10.0 Å². The van der Waals surface area contributed by atoms with Crippen molar-refractivity contribution in [1.82, 2.24) is 9.62 Å². The van der Waals surface area contributed by atoms with E-state index < -0.39 is 15.8 Å². The van der Waals surface area contributed by atoms with Gasteiger partial charge in [0.1, 0.15) is 5.82 Å². The molecule has 2 N–H and O–H groups in total. The molecule has 0 heterocycles. The van der Waals surface area contributed by atoms with E-state index in [9.17, 15) is 12.8 Å². The quantitative estimate of drug-likeness (QED) is 0.790. The molecular weight excluding hydrogens is 343 g/mol. The van der Waals surface area contributed by atoms with Crippen LogP contribution in [0.1, 0.15) is 29.7 Å². The average molecular weight is 366 g/mol. The number of nitrogens with one attached hydrogen (secondary N) is 1. The van der Waals surface area contributed by atoms with Crippen LogP contribution >= 0.6 is 0 Å². The molecule has 7 heteroatoms. The molecule has 0 spiro atoms. The molecular formula is C18H23FN2O3S. The lowest BCUT2D eigenvalue weighted by atomic mass is 10.1. The largest absolute Gasteiger partial charge is 0.392 e. The Morgan fingerprint density at radius 2 is 1.80 bits per heavy atom. The number of hydrogen-bond donors (Lipinski definition) is 2. The standard InChI is InChI=1S/C18H23FN2O3S/c1-13(20-11-14-4-9-18(19)16(10-14)12-22)15-5-7-17(8-6-15)25(23,24)21(2)3/h4-10,13,20,22H,11-12H2,1-3H3. The SMILES string of the molecule is CC(NCc1ccc(F)c(CO)c1)c1ccc(S(=O)(=O)N(C)C)cc1. The maximum atomic E-state index is 13.4. The summed E-state index contributed by atoms with van der Waals surface area (Å²) in [7, 11) is -0.439. The number of aliphatic hydroxyl groups is 1. The highest BCUT2D eigenvalue weighted by atomic mass is 32.2. The Labute approximate surface area is 148 Å². The minimum Gasteiger partial charge on any atom is -0.392 e. The van der Waals surface area contributed by atoms with Crippen LogP contribution in [0.5, 0.6) is 0 Å². The first-order valence-electron chi connectivity index (χ1n) is 7.89. The second-order valence-electron chi connectivity index (χ2n) is 6.04. The summed E-state index contributed by atoms with van der Waals surface area (Å²) in [6.07, 6.45) is 0. The Balaban J connectivity index is 2.05. The highest BCUT2D eigenvalue weighted by Gasteiger charge is 2.17. The second kappa shape index (κ2) is 8.05. The first-order valence-corrected chi connectivity index (χ1v) is 9.33. The molecule has 1 atom stereocenters. The normalized spacial score (nSPS) is 13.2. The Bertz CT molecular complexity index is 821. The molecule has 0 saturated heterocycles. The third-order valence-corrected chi connectivity index (χ3v) is 5.88. The maximum Gasteiger partial charge on any atom is 0.242 e. The molecule has 2 rings (SSSR count). The first-order chi connectivity index (χ1) is 11.8. The lowest BCUT2D eigenvalue weighted by molar-refractivity contribution is 0.275. The highest BCUT2D eigenvalue weighted by Crippen LogP contribution is 2.19. The van der Waals surface area contributed by atoms with Gasteiger partial charge in [-0.15, -0.1) is 0 Å². The summed E-state index contributed by atoms with van der Waals surface area (Å²) in [5.74, 6) is -0.419. The highest BCUT2D eigenvalue weighted by molar-refractivity contribution is 7.89. The molecule has 0 saturated carbocycles. The summed E-state index contributed by atoms with van der Waals surface area (Å²) in [6.45, 7) is 2.13. The number of hydrogen-bond acceptors (Lipinski definition) is 4. The molecule has 136 valence electrons. The van der Waals surface area contributed by atoms with Crippen LogP contribution in [0.25, 0.3) is 0 Å². The van der Waals surface area contributed by atoms with E-state index in [0.717, 1.165) is 11.1 Å². The van der Waals surface area contributed by atoms with Gasteiger partial charge in [0.05, 0.1) is 11.5 Å². The Hall–Kier alpha value is -1.80. The van der Waals surface area contributed by atoms with Gasteiger partial charge >= 0.3 is 0 Å². The van der Waals surface area contributed by atoms with E-state index in [1.54, 1.807) is 36.4 Å². The molecule has 1 unspecified atom stereocenters. The fourth-order valence-corrected chi connectivity index (χ4v) is 3.29. The topological polar surface area (TPSA) is 69.6 Å². The Morgan fingerprint density at radius 1 is 1.16 bits per heavy atom. The molecule has 0 amide bonds. The fraction of sp³-hybridized carbons (Fsp3) is 0.333. The lowest BCUT2D eigenvalue weighted by Gasteiger charge is -2.16. The smallest absolute Gasteiger partial charge is 0.242 e. The van der Waals surface area contributed by atoms with Gasteiger partial charge in [0, 0.05) is 32.2 Å². The van der Waals surface area contributed by atoms with Gasteiger partial charge in [0.15, 0.2) is 0 Å². The predicted octanol–water partition coefficient (Wildman–Crippen LogP) is 2.42. The van der Waals surface area contributed by atoms with E-state index >= 15 is 0 Å². The third kappa shape index (κ3) is 4.64. The van der Waals surface area contributed by atoms with Gasteiger partial charge in [-0.25, -0.2) is 17.1 Å². The van der Waals surface area contributed by atoms with Crippen molar-refractivity contribution in [1.29, 1.82) is 0 Å². The average Bonchev–Trinajstić information content (AvgIpc) is 2.60. The zero-order chi connectivity index (χ0) is 18.6. The zero-order valence-electron chi connectivity index (χ0n) is 14.5. The van der Waals surface area contributed by atoms with Gasteiger partial charge in [-0.05, 0) is 42.3 Å². The van der Waals surface area contributed by atoms with Crippen LogP contribution in [0.4, 0.5) is 4.39 Å². The molecule has 2 aromatic carbocycles. The molecule has 0 aromatic heterocycles. The molecule has 0 aliphatic heterocycles. The molecule has 0 aliphatic rings. The van der Waals surface area contributed by atoms with E-state index in [1.165, 1.54) is 24.5 Å². The Morgan fingerprint density at radius 3 is 2.36 bits per heavy atom. The van der Waals surface area contributed by atoms with Gasteiger partial charge in [-0.1, -0.05) is 18.2 Å². The number of aliphatic hydroxyl groups excluding tert-OH is 1. The predicted molar refractivity (Wildman–Crippen MR) is 94.9 cm³/mol. The van der Waals surface area contributed by atoms with Crippen LogP contribution in [0.2, 0.25) is 0 Å². The van der Waals surface area contributed by atoms with Crippen molar-refractivity contribution in [2.24, 2.45) is 0 Å². The molecule has 25 heavy (non-hydrogen) atoms. The van der Waals surface area contributed by atoms with E-state index in [4.69, 9.17) is 5.11 Å². The first kappa shape index (κ1) is 19.5. The van der Waals surface area contributed by atoms with Gasteiger partial charge in [0.25, 0.3) is 0 Å². The second-order valence-corrected chi connectivity index (χ2v) is 8.19. The molecule has 5 nitrogen and oxygen atoms in total. The summed E-state index contributed by atoms with van der Waals surface area (Å²) in [6, 6.07) is 11.3. The van der Waals surface area contributed by atoms with Crippen LogP contribution < -0.4 is 5.32 Å². The van der Waals surface area contributed by atoms with Crippen LogP contribution in [0.3, 0.4) is 0 Å². The number of halogens is 1. The van der Waals surface area contributed by atoms with Gasteiger partial charge < -0.3 is 10.4 Å². The molecule has 0 radical (unpaired) electrons. The number of rotatable bonds is 7. The van der Waals surface area contributed by atoms with Crippen molar-refractivity contribution in [3.05, 3.63) is 65.0 Å². The minimum atomic E-state index is -3.43. The summed E-state index contributed by atoms with van der Waals surface area (Å²) >= 11 is 0. The number of benzene rings is 2. The maximum absolute atomic E-state index is 13.4. The van der Waals surface area contributed by atoms with Gasteiger partial charge in [-0.3, -0.25) is 0 Å². The lowest BCUT2D eigenvalue weighted by Crippen LogP contribution is -2.22. The van der Waals surface area contributed by atoms with Crippen LogP contribution in [0.15, 0.2) is 47.4 Å². The van der Waals surface area contributed by atoms with Crippen molar-refractivity contribution in [3.63, 3.8) is 0 Å². The summed E-state index contributed by atoms with van der Waals surface area (Å²) in [5.41, 5.74) is 2.08. The number of sulfonamides is 1. The Kier molecular flexibility index (Phi) is 6.29. The summed E-state index contributed by atoms with van der Waals surface area (Å²) in [5, 5.41) is 12.4. The van der Waals surface area contributed by atoms with Crippen LogP contribution in [-0.2, 0) is 23.2 Å². The van der Waals surface area contributed by atoms with E-state index in [1.807, 2.05) is 6.92 Å². The summed E-state index contributed by atoms with van der Waals surface area (Å²) in [4.78, 5) is 0.250. The van der Waals surface area contributed by atoms with Crippen LogP contribution in [0, 0.1) is 5.82 Å². The monoisotopic (exact) mass is 366 g/mol. The van der Waals surface area contributed by atoms with E-state index in [-0.39, 0.29) is 23.1 Å². The van der Waals surface area contributed by atoms with Crippen molar-refractivity contribution in [2.45, 2.75) is 31.0 Å². The van der Waals surface area contributed by atoms with E-state index in [0.29, 0.717) is 6.54 Å². The van der Waals surface area contributed by atoms with Crippen molar-refractivity contribution in [3.8, 4) is 0 Å². The molecule has 0 fully saturated rings. The van der Waals surface area contributed by atoms with Gasteiger partial charge in [-0.2, -0.15) is 0 Å². The zero-order valence-corrected chi connectivity index (χ0v) is 15.3. The third-order valence-electron chi connectivity index (χ3n) is 4.05. The number of nitrogens with zero attached hydrogens (tertiary/aromatic N) is 1. The van der Waals surface area contributed by atoms with Crippen molar-refractivity contribution in [2.75, 3.05) is 14.1 Å². The fourth-order valence-electron chi connectivity index (χ4n) is 2.39. The van der Waals surface area contributed by atoms with Crippen molar-refractivity contribution < 1.29 is 17.9 Å². The van der Waals surface area contributed by atoms with Gasteiger partial charge in [0.2, 0.25) is 10.0 Å². The molecule has 2 aromatic rings. The van der Waals surface area contributed by atoms with E-state index in [2.05, 4.69) is 5.32 Å². The molecule has 0 aliphatic carbocycles.